The standard InChI is InChI=1S/C23H24N4O3/c1-7-13-26-21(28)19-20(25(5)22(26)29)24-18(27(19)15-23(2,3)4)12-11-16-9-8-10-17(14-16)30-6/h1,8-10,14H,13,15H2,2-6H3. The van der Waals surface area contributed by atoms with Crippen molar-refractivity contribution in [2.45, 2.75) is 33.9 Å². The number of methoxy groups -OCH3 is 1. The zero-order chi connectivity index (χ0) is 22.1. The summed E-state index contributed by atoms with van der Waals surface area (Å²) in [4.78, 5) is 30.2. The van der Waals surface area contributed by atoms with E-state index in [2.05, 4.69) is 43.5 Å². The van der Waals surface area contributed by atoms with E-state index in [1.165, 1.54) is 4.57 Å². The normalized spacial score (nSPS) is 11.1. The first kappa shape index (κ1) is 21.0. The van der Waals surface area contributed by atoms with E-state index >= 15 is 0 Å². The zero-order valence-electron chi connectivity index (χ0n) is 17.8. The van der Waals surface area contributed by atoms with Gasteiger partial charge in [0.2, 0.25) is 0 Å². The SMILES string of the molecule is C#CCn1c(=O)c2c(nc(C#Cc3cccc(OC)c3)n2CC(C)(C)C)n(C)c1=O. The quantitative estimate of drug-likeness (QED) is 0.626. The Morgan fingerprint density at radius 1 is 1.17 bits per heavy atom. The molecule has 2 aromatic heterocycles. The van der Waals surface area contributed by atoms with Crippen LogP contribution in [-0.2, 0) is 20.1 Å². The van der Waals surface area contributed by atoms with Crippen molar-refractivity contribution in [3.8, 4) is 29.9 Å². The molecule has 0 bridgehead atoms. The van der Waals surface area contributed by atoms with Crippen LogP contribution in [0.25, 0.3) is 11.2 Å². The van der Waals surface area contributed by atoms with Gasteiger partial charge in [0.05, 0.1) is 13.7 Å². The predicted octanol–water partition coefficient (Wildman–Crippen LogP) is 1.98. The molecule has 0 unspecified atom stereocenters. The Morgan fingerprint density at radius 3 is 2.53 bits per heavy atom. The first-order valence-electron chi connectivity index (χ1n) is 9.46. The third-order valence-electron chi connectivity index (χ3n) is 4.50. The van der Waals surface area contributed by atoms with Crippen molar-refractivity contribution in [1.82, 2.24) is 18.7 Å². The lowest BCUT2D eigenvalue weighted by Crippen LogP contribution is -2.39. The summed E-state index contributed by atoms with van der Waals surface area (Å²) in [5, 5.41) is 0. The van der Waals surface area contributed by atoms with Crippen LogP contribution in [0.1, 0.15) is 32.2 Å². The maximum Gasteiger partial charge on any atom is 0.333 e. The number of rotatable bonds is 3. The Kier molecular flexibility index (Phi) is 5.58. The monoisotopic (exact) mass is 404 g/mol. The second kappa shape index (κ2) is 7.96. The van der Waals surface area contributed by atoms with Crippen molar-refractivity contribution >= 4 is 11.2 Å². The average Bonchev–Trinajstić information content (AvgIpc) is 3.05. The molecule has 7 nitrogen and oxygen atoms in total. The minimum atomic E-state index is -0.502. The highest BCUT2D eigenvalue weighted by Crippen LogP contribution is 2.21. The van der Waals surface area contributed by atoms with Gasteiger partial charge in [-0.05, 0) is 29.5 Å². The number of fused-ring (bicyclic) bond motifs is 1. The van der Waals surface area contributed by atoms with Crippen LogP contribution in [0.15, 0.2) is 33.9 Å². The fourth-order valence-electron chi connectivity index (χ4n) is 3.15. The maximum absolute atomic E-state index is 13.1. The molecule has 154 valence electrons. The highest BCUT2D eigenvalue weighted by molar-refractivity contribution is 5.72. The predicted molar refractivity (Wildman–Crippen MR) is 116 cm³/mol. The molecule has 2 heterocycles. The molecule has 30 heavy (non-hydrogen) atoms. The fourth-order valence-corrected chi connectivity index (χ4v) is 3.15. The highest BCUT2D eigenvalue weighted by atomic mass is 16.5. The highest BCUT2D eigenvalue weighted by Gasteiger charge is 2.22. The van der Waals surface area contributed by atoms with Gasteiger partial charge in [0.25, 0.3) is 5.56 Å². The molecule has 1 aromatic carbocycles. The van der Waals surface area contributed by atoms with E-state index in [0.717, 1.165) is 10.1 Å². The first-order chi connectivity index (χ1) is 14.2. The molecule has 0 aliphatic heterocycles. The van der Waals surface area contributed by atoms with Crippen molar-refractivity contribution in [2.24, 2.45) is 12.5 Å². The molecule has 3 rings (SSSR count). The van der Waals surface area contributed by atoms with Gasteiger partial charge in [0, 0.05) is 19.2 Å². The average molecular weight is 404 g/mol. The molecule has 0 saturated heterocycles. The Morgan fingerprint density at radius 2 is 1.90 bits per heavy atom. The Labute approximate surface area is 174 Å². The molecular weight excluding hydrogens is 380 g/mol. The summed E-state index contributed by atoms with van der Waals surface area (Å²) >= 11 is 0. The second-order valence-electron chi connectivity index (χ2n) is 8.17. The number of ether oxygens (including phenoxy) is 1. The summed E-state index contributed by atoms with van der Waals surface area (Å²) in [5.74, 6) is 9.61. The van der Waals surface area contributed by atoms with Gasteiger partial charge in [-0.25, -0.2) is 14.3 Å². The van der Waals surface area contributed by atoms with E-state index < -0.39 is 11.2 Å². The van der Waals surface area contributed by atoms with Crippen LogP contribution in [0, 0.1) is 29.6 Å². The molecule has 0 aliphatic carbocycles. The van der Waals surface area contributed by atoms with Crippen LogP contribution < -0.4 is 16.0 Å². The Balaban J connectivity index is 2.31. The second-order valence-corrected chi connectivity index (χ2v) is 8.17. The lowest BCUT2D eigenvalue weighted by molar-refractivity contribution is 0.346. The number of aromatic nitrogens is 4. The van der Waals surface area contributed by atoms with Crippen LogP contribution >= 0.6 is 0 Å². The van der Waals surface area contributed by atoms with E-state index in [9.17, 15) is 9.59 Å². The molecule has 0 spiro atoms. The largest absolute Gasteiger partial charge is 0.497 e. The number of hydrogen-bond donors (Lipinski definition) is 0. The summed E-state index contributed by atoms with van der Waals surface area (Å²) < 4.78 is 9.39. The molecule has 0 amide bonds. The van der Waals surface area contributed by atoms with Gasteiger partial charge >= 0.3 is 5.69 Å². The van der Waals surface area contributed by atoms with Gasteiger partial charge < -0.3 is 9.30 Å². The van der Waals surface area contributed by atoms with Gasteiger partial charge in [0.1, 0.15) is 5.75 Å². The van der Waals surface area contributed by atoms with Crippen molar-refractivity contribution in [1.29, 1.82) is 0 Å². The number of benzene rings is 1. The number of terminal acetylenes is 1. The van der Waals surface area contributed by atoms with Crippen molar-refractivity contribution < 1.29 is 4.74 Å². The van der Waals surface area contributed by atoms with Crippen molar-refractivity contribution in [3.05, 3.63) is 56.5 Å². The molecule has 0 N–H and O–H groups in total. The Bertz CT molecular complexity index is 1330. The molecule has 0 saturated carbocycles. The molecule has 0 aliphatic rings. The van der Waals surface area contributed by atoms with E-state index in [4.69, 9.17) is 11.2 Å². The number of hydrogen-bond acceptors (Lipinski definition) is 4. The van der Waals surface area contributed by atoms with Gasteiger partial charge in [-0.3, -0.25) is 9.36 Å². The number of aryl methyl sites for hydroxylation is 1. The smallest absolute Gasteiger partial charge is 0.333 e. The van der Waals surface area contributed by atoms with Gasteiger partial charge in [-0.1, -0.05) is 38.7 Å². The van der Waals surface area contributed by atoms with E-state index in [1.807, 2.05) is 24.3 Å². The molecule has 7 heteroatoms. The van der Waals surface area contributed by atoms with Crippen LogP contribution in [0.5, 0.6) is 5.75 Å². The number of imidazole rings is 1. The summed E-state index contributed by atoms with van der Waals surface area (Å²) in [6, 6.07) is 7.37. The summed E-state index contributed by atoms with van der Waals surface area (Å²) in [6.07, 6.45) is 5.36. The van der Waals surface area contributed by atoms with Crippen molar-refractivity contribution in [3.63, 3.8) is 0 Å². The summed E-state index contributed by atoms with van der Waals surface area (Å²) in [7, 11) is 3.17. The molecular formula is C23H24N4O3. The van der Waals surface area contributed by atoms with E-state index in [0.29, 0.717) is 23.6 Å². The third kappa shape index (κ3) is 4.01. The van der Waals surface area contributed by atoms with E-state index in [1.54, 1.807) is 18.7 Å². The van der Waals surface area contributed by atoms with E-state index in [-0.39, 0.29) is 17.6 Å². The lowest BCUT2D eigenvalue weighted by Gasteiger charge is -2.20. The maximum atomic E-state index is 13.1. The molecule has 3 aromatic rings. The van der Waals surface area contributed by atoms with Crippen LogP contribution in [0.2, 0.25) is 0 Å². The van der Waals surface area contributed by atoms with Crippen molar-refractivity contribution in [2.75, 3.05) is 7.11 Å². The minimum absolute atomic E-state index is 0.104. The molecule has 0 radical (unpaired) electrons. The zero-order valence-corrected chi connectivity index (χ0v) is 17.8. The summed E-state index contributed by atoms with van der Waals surface area (Å²) in [5.41, 5.74) is 0.241. The third-order valence-corrected chi connectivity index (χ3v) is 4.50. The topological polar surface area (TPSA) is 71.1 Å². The van der Waals surface area contributed by atoms with Gasteiger partial charge in [-0.15, -0.1) is 6.42 Å². The van der Waals surface area contributed by atoms with Gasteiger partial charge in [0.15, 0.2) is 17.0 Å². The minimum Gasteiger partial charge on any atom is -0.497 e. The first-order valence-corrected chi connectivity index (χ1v) is 9.46. The lowest BCUT2D eigenvalue weighted by atomic mass is 9.97. The molecule has 0 fully saturated rings. The van der Waals surface area contributed by atoms with Crippen LogP contribution in [0.4, 0.5) is 0 Å². The Hall–Kier alpha value is -3.71. The van der Waals surface area contributed by atoms with Crippen LogP contribution in [0.3, 0.4) is 0 Å². The van der Waals surface area contributed by atoms with Gasteiger partial charge in [-0.2, -0.15) is 0 Å². The summed E-state index contributed by atoms with van der Waals surface area (Å²) in [6.45, 7) is 6.56. The molecule has 0 atom stereocenters. The number of nitrogens with zero attached hydrogens (tertiary/aromatic N) is 4. The fraction of sp³-hybridized carbons (Fsp3) is 0.348. The van der Waals surface area contributed by atoms with Crippen LogP contribution in [-0.4, -0.2) is 25.8 Å².